The van der Waals surface area contributed by atoms with Gasteiger partial charge in [-0.1, -0.05) is 29.8 Å². The molecule has 4 rings (SSSR count). The summed E-state index contributed by atoms with van der Waals surface area (Å²) < 4.78 is 7.01. The Morgan fingerprint density at radius 1 is 1.14 bits per heavy atom. The summed E-state index contributed by atoms with van der Waals surface area (Å²) in [5, 5.41) is 11.5. The molecule has 0 radical (unpaired) electrons. The lowest BCUT2D eigenvalue weighted by atomic mass is 9.93. The molecule has 9 heteroatoms. The summed E-state index contributed by atoms with van der Waals surface area (Å²) in [6, 6.07) is 6.79. The monoisotopic (exact) mass is 490 g/mol. The van der Waals surface area contributed by atoms with E-state index in [9.17, 15) is 19.5 Å². The van der Waals surface area contributed by atoms with Gasteiger partial charge in [0.25, 0.3) is 11.7 Å². The number of aryl methyl sites for hydroxylation is 3. The maximum absolute atomic E-state index is 13.3. The van der Waals surface area contributed by atoms with Gasteiger partial charge in [-0.2, -0.15) is 0 Å². The number of H-pyrrole nitrogens is 1. The van der Waals surface area contributed by atoms with Crippen LogP contribution in [0.4, 0.5) is 0 Å². The van der Waals surface area contributed by atoms with Crippen LogP contribution in [0.2, 0.25) is 0 Å². The number of aliphatic hydroxyl groups is 1. The highest BCUT2D eigenvalue weighted by Gasteiger charge is 2.46. The molecule has 1 fully saturated rings. The van der Waals surface area contributed by atoms with Crippen molar-refractivity contribution < 1.29 is 24.2 Å². The molecule has 2 N–H and O–H groups in total. The molecule has 1 aliphatic rings. The number of hydrogen-bond acceptors (Lipinski definition) is 6. The molecule has 0 unspecified atom stereocenters. The van der Waals surface area contributed by atoms with Crippen molar-refractivity contribution in [1.29, 1.82) is 0 Å². The van der Waals surface area contributed by atoms with Crippen molar-refractivity contribution in [2.75, 3.05) is 13.2 Å². The molecule has 3 aromatic rings. The SMILES string of the molecule is CCOC(=O)c1[nH]c(C)c(/C(O)=C2\C(=O)C(=O)N(CCCn3ccnc3)[C@@H]2c2ccc(C)cc2)c1C. The molecular formula is C27H30N4O5. The zero-order valence-corrected chi connectivity index (χ0v) is 20.9. The molecule has 0 aliphatic carbocycles. The number of ether oxygens (including phenoxy) is 1. The zero-order valence-electron chi connectivity index (χ0n) is 20.9. The van der Waals surface area contributed by atoms with Gasteiger partial charge in [-0.3, -0.25) is 9.59 Å². The third-order valence-corrected chi connectivity index (χ3v) is 6.46. The molecule has 0 bridgehead atoms. The van der Waals surface area contributed by atoms with E-state index in [1.54, 1.807) is 33.3 Å². The minimum atomic E-state index is -0.756. The standard InChI is InChI=1S/C27H30N4O5/c1-5-36-27(35)22-17(3)20(18(4)29-22)24(32)21-23(19-9-7-16(2)8-10-19)31(26(34)25(21)33)13-6-12-30-14-11-28-15-30/h7-11,14-15,23,29,32H,5-6,12-13H2,1-4H3/b24-21+/t23-/m1/s1. The average Bonchev–Trinajstić information content (AvgIpc) is 3.53. The number of amides is 1. The van der Waals surface area contributed by atoms with Crippen LogP contribution in [-0.2, 0) is 20.9 Å². The molecule has 36 heavy (non-hydrogen) atoms. The van der Waals surface area contributed by atoms with E-state index in [4.69, 9.17) is 4.74 Å². The number of aromatic amines is 1. The van der Waals surface area contributed by atoms with Gasteiger partial charge in [-0.15, -0.1) is 0 Å². The normalized spacial score (nSPS) is 17.1. The van der Waals surface area contributed by atoms with E-state index in [1.807, 2.05) is 42.0 Å². The lowest BCUT2D eigenvalue weighted by molar-refractivity contribution is -0.139. The van der Waals surface area contributed by atoms with Crippen molar-refractivity contribution in [3.05, 3.63) is 82.2 Å². The van der Waals surface area contributed by atoms with Gasteiger partial charge in [0.2, 0.25) is 0 Å². The summed E-state index contributed by atoms with van der Waals surface area (Å²) in [4.78, 5) is 47.4. The van der Waals surface area contributed by atoms with Crippen LogP contribution < -0.4 is 0 Å². The average molecular weight is 491 g/mol. The van der Waals surface area contributed by atoms with Crippen LogP contribution in [-0.4, -0.2) is 55.4 Å². The van der Waals surface area contributed by atoms with E-state index in [0.29, 0.717) is 36.3 Å². The highest BCUT2D eigenvalue weighted by molar-refractivity contribution is 6.46. The number of likely N-dealkylation sites (tertiary alicyclic amines) is 1. The summed E-state index contributed by atoms with van der Waals surface area (Å²) in [6.45, 7) is 8.18. The first kappa shape index (κ1) is 25.0. The fourth-order valence-electron chi connectivity index (χ4n) is 4.70. The fourth-order valence-corrected chi connectivity index (χ4v) is 4.70. The Balaban J connectivity index is 1.78. The Bertz CT molecular complexity index is 1320. The second-order valence-electron chi connectivity index (χ2n) is 8.90. The molecule has 2 aromatic heterocycles. The quantitative estimate of drug-likeness (QED) is 0.215. The third kappa shape index (κ3) is 4.56. The Morgan fingerprint density at radius 2 is 1.86 bits per heavy atom. The van der Waals surface area contributed by atoms with Crippen molar-refractivity contribution in [2.45, 2.75) is 46.7 Å². The molecule has 0 saturated carbocycles. The highest BCUT2D eigenvalue weighted by Crippen LogP contribution is 2.41. The summed E-state index contributed by atoms with van der Waals surface area (Å²) in [6.07, 6.45) is 5.82. The Morgan fingerprint density at radius 3 is 2.50 bits per heavy atom. The van der Waals surface area contributed by atoms with Crippen LogP contribution in [0.1, 0.15) is 57.8 Å². The van der Waals surface area contributed by atoms with Gasteiger partial charge >= 0.3 is 5.97 Å². The first-order chi connectivity index (χ1) is 17.2. The number of benzene rings is 1. The van der Waals surface area contributed by atoms with Crippen molar-refractivity contribution in [2.24, 2.45) is 0 Å². The van der Waals surface area contributed by atoms with Gasteiger partial charge in [-0.05, 0) is 45.2 Å². The zero-order chi connectivity index (χ0) is 26.0. The number of carbonyl (C=O) groups is 3. The summed E-state index contributed by atoms with van der Waals surface area (Å²) >= 11 is 0. The number of aromatic nitrogens is 3. The number of nitrogens with zero attached hydrogens (tertiary/aromatic N) is 3. The molecule has 1 saturated heterocycles. The summed E-state index contributed by atoms with van der Waals surface area (Å²) in [7, 11) is 0. The van der Waals surface area contributed by atoms with E-state index < -0.39 is 23.7 Å². The van der Waals surface area contributed by atoms with Gasteiger partial charge in [0, 0.05) is 36.7 Å². The molecule has 1 atom stereocenters. The number of carbonyl (C=O) groups excluding carboxylic acids is 3. The summed E-state index contributed by atoms with van der Waals surface area (Å²) in [5.41, 5.74) is 3.25. The number of Topliss-reactive ketones (excluding diaryl/α,β-unsaturated/α-hetero) is 1. The lowest BCUT2D eigenvalue weighted by Gasteiger charge is -2.25. The Hall–Kier alpha value is -4.14. The fraction of sp³-hybridized carbons (Fsp3) is 0.333. The van der Waals surface area contributed by atoms with Gasteiger partial charge in [0.1, 0.15) is 11.5 Å². The van der Waals surface area contributed by atoms with Crippen LogP contribution >= 0.6 is 0 Å². The van der Waals surface area contributed by atoms with Crippen molar-refractivity contribution in [1.82, 2.24) is 19.4 Å². The minimum Gasteiger partial charge on any atom is -0.507 e. The molecule has 9 nitrogen and oxygen atoms in total. The van der Waals surface area contributed by atoms with E-state index in [1.165, 1.54) is 4.90 Å². The van der Waals surface area contributed by atoms with Crippen LogP contribution in [0.5, 0.6) is 0 Å². The van der Waals surface area contributed by atoms with Gasteiger partial charge in [0.15, 0.2) is 0 Å². The largest absolute Gasteiger partial charge is 0.507 e. The Kier molecular flexibility index (Phi) is 7.10. The van der Waals surface area contributed by atoms with Gasteiger partial charge in [0.05, 0.1) is 24.5 Å². The second-order valence-corrected chi connectivity index (χ2v) is 8.90. The molecule has 3 heterocycles. The molecule has 0 spiro atoms. The third-order valence-electron chi connectivity index (χ3n) is 6.46. The predicted octanol–water partition coefficient (Wildman–Crippen LogP) is 3.83. The molecule has 1 aromatic carbocycles. The number of ketones is 1. The van der Waals surface area contributed by atoms with Gasteiger partial charge < -0.3 is 24.3 Å². The van der Waals surface area contributed by atoms with Crippen molar-refractivity contribution in [3.63, 3.8) is 0 Å². The number of imidazole rings is 1. The number of hydrogen-bond donors (Lipinski definition) is 2. The highest BCUT2D eigenvalue weighted by atomic mass is 16.5. The van der Waals surface area contributed by atoms with Crippen molar-refractivity contribution >= 4 is 23.4 Å². The maximum Gasteiger partial charge on any atom is 0.355 e. The smallest absolute Gasteiger partial charge is 0.355 e. The lowest BCUT2D eigenvalue weighted by Crippen LogP contribution is -2.31. The summed E-state index contributed by atoms with van der Waals surface area (Å²) in [5.74, 6) is -2.27. The molecule has 1 aliphatic heterocycles. The first-order valence-corrected chi connectivity index (χ1v) is 11.9. The predicted molar refractivity (Wildman–Crippen MR) is 133 cm³/mol. The molecule has 188 valence electrons. The maximum atomic E-state index is 13.3. The van der Waals surface area contributed by atoms with E-state index >= 15 is 0 Å². The van der Waals surface area contributed by atoms with Crippen LogP contribution in [0.15, 0.2) is 48.6 Å². The van der Waals surface area contributed by atoms with E-state index in [-0.39, 0.29) is 23.6 Å². The van der Waals surface area contributed by atoms with Gasteiger partial charge in [-0.25, -0.2) is 9.78 Å². The minimum absolute atomic E-state index is 0.00657. The van der Waals surface area contributed by atoms with Crippen LogP contribution in [0, 0.1) is 20.8 Å². The number of aliphatic hydroxyl groups excluding tert-OH is 1. The number of rotatable bonds is 8. The topological polar surface area (TPSA) is 118 Å². The second kappa shape index (κ2) is 10.2. The van der Waals surface area contributed by atoms with E-state index in [0.717, 1.165) is 11.1 Å². The van der Waals surface area contributed by atoms with Crippen LogP contribution in [0.3, 0.4) is 0 Å². The molecular weight excluding hydrogens is 460 g/mol. The molecule has 1 amide bonds. The number of nitrogens with one attached hydrogen (secondary N) is 1. The first-order valence-electron chi connectivity index (χ1n) is 11.9. The van der Waals surface area contributed by atoms with Crippen LogP contribution in [0.25, 0.3) is 5.76 Å². The van der Waals surface area contributed by atoms with Crippen molar-refractivity contribution in [3.8, 4) is 0 Å². The Labute approximate surface area is 209 Å². The number of esters is 1. The van der Waals surface area contributed by atoms with E-state index in [2.05, 4.69) is 9.97 Å².